The highest BCUT2D eigenvalue weighted by Crippen LogP contribution is 2.24. The van der Waals surface area contributed by atoms with Gasteiger partial charge in [-0.25, -0.2) is 13.6 Å². The molecule has 0 radical (unpaired) electrons. The Kier molecular flexibility index (Phi) is 4.90. The minimum absolute atomic E-state index is 0.187. The van der Waals surface area contributed by atoms with Crippen molar-refractivity contribution < 1.29 is 18.3 Å². The van der Waals surface area contributed by atoms with Crippen molar-refractivity contribution in [2.75, 3.05) is 12.4 Å². The third-order valence-corrected chi connectivity index (χ3v) is 3.48. The Morgan fingerprint density at radius 2 is 1.86 bits per heavy atom. The van der Waals surface area contributed by atoms with E-state index in [9.17, 15) is 13.6 Å². The number of nitrogens with one attached hydrogen (secondary N) is 1. The molecule has 110 valence electrons. The number of hydrogen-bond donors (Lipinski definition) is 1. The molecule has 0 spiro atoms. The molecule has 0 atom stereocenters. The average molecular weight is 356 g/mol. The fourth-order valence-electron chi connectivity index (χ4n) is 1.73. The van der Waals surface area contributed by atoms with E-state index in [2.05, 4.69) is 26.0 Å². The summed E-state index contributed by atoms with van der Waals surface area (Å²) in [6.45, 7) is 0.344. The third kappa shape index (κ3) is 3.78. The summed E-state index contributed by atoms with van der Waals surface area (Å²) in [5.41, 5.74) is 1.49. The van der Waals surface area contributed by atoms with E-state index < -0.39 is 17.6 Å². The maximum Gasteiger partial charge on any atom is 0.337 e. The molecule has 0 bridgehead atoms. The highest BCUT2D eigenvalue weighted by molar-refractivity contribution is 9.10. The molecule has 0 aliphatic carbocycles. The van der Waals surface area contributed by atoms with Crippen molar-refractivity contribution in [1.29, 1.82) is 0 Å². The van der Waals surface area contributed by atoms with Crippen molar-refractivity contribution in [1.82, 2.24) is 0 Å². The standard InChI is InChI=1S/C15H12BrF2NO2/c1-21-15(20)10-4-2-9(3-5-10)8-19-14-6-11(16)12(17)7-13(14)18/h2-7,19H,8H2,1H3. The van der Waals surface area contributed by atoms with Gasteiger partial charge in [-0.3, -0.25) is 0 Å². The van der Waals surface area contributed by atoms with Crippen LogP contribution in [0.4, 0.5) is 14.5 Å². The van der Waals surface area contributed by atoms with Gasteiger partial charge in [0, 0.05) is 12.6 Å². The van der Waals surface area contributed by atoms with Crippen LogP contribution in [0.1, 0.15) is 15.9 Å². The fourth-order valence-corrected chi connectivity index (χ4v) is 2.08. The average Bonchev–Trinajstić information content (AvgIpc) is 2.49. The van der Waals surface area contributed by atoms with E-state index in [-0.39, 0.29) is 10.2 Å². The number of halogens is 3. The maximum atomic E-state index is 13.6. The van der Waals surface area contributed by atoms with Gasteiger partial charge in [0.1, 0.15) is 11.6 Å². The predicted molar refractivity (Wildman–Crippen MR) is 79.2 cm³/mol. The SMILES string of the molecule is COC(=O)c1ccc(CNc2cc(Br)c(F)cc2F)cc1. The van der Waals surface area contributed by atoms with Gasteiger partial charge in [0.2, 0.25) is 0 Å². The predicted octanol–water partition coefficient (Wildman–Crippen LogP) is 4.13. The number of carbonyl (C=O) groups is 1. The summed E-state index contributed by atoms with van der Waals surface area (Å²) in [4.78, 5) is 11.3. The van der Waals surface area contributed by atoms with Gasteiger partial charge in [0.15, 0.2) is 0 Å². The van der Waals surface area contributed by atoms with Crippen molar-refractivity contribution >= 4 is 27.6 Å². The van der Waals surface area contributed by atoms with Crippen molar-refractivity contribution in [2.24, 2.45) is 0 Å². The summed E-state index contributed by atoms with van der Waals surface area (Å²) in [6, 6.07) is 8.87. The van der Waals surface area contributed by atoms with Crippen LogP contribution in [0.15, 0.2) is 40.9 Å². The molecule has 2 aromatic carbocycles. The second-order valence-corrected chi connectivity index (χ2v) is 5.14. The van der Waals surface area contributed by atoms with Crippen molar-refractivity contribution in [2.45, 2.75) is 6.54 Å². The van der Waals surface area contributed by atoms with Crippen LogP contribution in [-0.4, -0.2) is 13.1 Å². The van der Waals surface area contributed by atoms with Crippen LogP contribution >= 0.6 is 15.9 Å². The summed E-state index contributed by atoms with van der Waals surface area (Å²) in [6.07, 6.45) is 0. The number of esters is 1. The smallest absolute Gasteiger partial charge is 0.337 e. The Bertz CT molecular complexity index is 659. The van der Waals surface area contributed by atoms with E-state index in [1.54, 1.807) is 24.3 Å². The number of rotatable bonds is 4. The van der Waals surface area contributed by atoms with Crippen molar-refractivity contribution in [3.63, 3.8) is 0 Å². The Labute approximate surface area is 129 Å². The van der Waals surface area contributed by atoms with Crippen molar-refractivity contribution in [3.05, 3.63) is 63.6 Å². The quantitative estimate of drug-likeness (QED) is 0.662. The molecule has 2 rings (SSSR count). The number of methoxy groups -OCH3 is 1. The molecule has 0 aliphatic rings. The molecular weight excluding hydrogens is 344 g/mol. The lowest BCUT2D eigenvalue weighted by Crippen LogP contribution is -2.04. The van der Waals surface area contributed by atoms with Gasteiger partial charge in [-0.05, 0) is 39.7 Å². The van der Waals surface area contributed by atoms with Gasteiger partial charge in [-0.15, -0.1) is 0 Å². The molecule has 6 heteroatoms. The Balaban J connectivity index is 2.06. The Morgan fingerprint density at radius 1 is 1.19 bits per heavy atom. The Morgan fingerprint density at radius 3 is 2.48 bits per heavy atom. The highest BCUT2D eigenvalue weighted by Gasteiger charge is 2.08. The maximum absolute atomic E-state index is 13.6. The molecule has 0 unspecified atom stereocenters. The summed E-state index contributed by atoms with van der Waals surface area (Å²) < 4.78 is 31.5. The van der Waals surface area contributed by atoms with Crippen LogP contribution < -0.4 is 5.32 Å². The van der Waals surface area contributed by atoms with E-state index in [1.165, 1.54) is 13.2 Å². The number of benzene rings is 2. The Hall–Kier alpha value is -1.95. The van der Waals surface area contributed by atoms with Gasteiger partial charge < -0.3 is 10.1 Å². The topological polar surface area (TPSA) is 38.3 Å². The van der Waals surface area contributed by atoms with Gasteiger partial charge >= 0.3 is 5.97 Å². The van der Waals surface area contributed by atoms with Crippen molar-refractivity contribution in [3.8, 4) is 0 Å². The van der Waals surface area contributed by atoms with Gasteiger partial charge in [0.05, 0.1) is 22.8 Å². The molecule has 1 N–H and O–H groups in total. The largest absolute Gasteiger partial charge is 0.465 e. The first-order valence-corrected chi connectivity index (χ1v) is 6.86. The van der Waals surface area contributed by atoms with E-state index in [0.29, 0.717) is 12.1 Å². The summed E-state index contributed by atoms with van der Waals surface area (Å²) in [5, 5.41) is 2.87. The number of carbonyl (C=O) groups excluding carboxylic acids is 1. The number of hydrogen-bond acceptors (Lipinski definition) is 3. The van der Waals surface area contributed by atoms with E-state index in [4.69, 9.17) is 0 Å². The molecule has 0 fully saturated rings. The summed E-state index contributed by atoms with van der Waals surface area (Å²) in [7, 11) is 1.31. The highest BCUT2D eigenvalue weighted by atomic mass is 79.9. The number of anilines is 1. The second kappa shape index (κ2) is 6.67. The molecule has 0 heterocycles. The lowest BCUT2D eigenvalue weighted by Gasteiger charge is -2.09. The van der Waals surface area contributed by atoms with Crippen LogP contribution in [0.3, 0.4) is 0 Å². The van der Waals surface area contributed by atoms with Crippen LogP contribution in [0.5, 0.6) is 0 Å². The number of ether oxygens (including phenoxy) is 1. The lowest BCUT2D eigenvalue weighted by molar-refractivity contribution is 0.0600. The van der Waals surface area contributed by atoms with Gasteiger partial charge in [0.25, 0.3) is 0 Å². The first kappa shape index (κ1) is 15.4. The fraction of sp³-hybridized carbons (Fsp3) is 0.133. The first-order valence-electron chi connectivity index (χ1n) is 6.07. The first-order chi connectivity index (χ1) is 10.0. The molecule has 0 aromatic heterocycles. The van der Waals surface area contributed by atoms with Crippen LogP contribution in [0.2, 0.25) is 0 Å². The molecule has 0 saturated heterocycles. The molecule has 21 heavy (non-hydrogen) atoms. The third-order valence-electron chi connectivity index (χ3n) is 2.87. The van der Waals surface area contributed by atoms with Crippen LogP contribution in [0, 0.1) is 11.6 Å². The van der Waals surface area contributed by atoms with E-state index in [1.807, 2.05) is 0 Å². The second-order valence-electron chi connectivity index (χ2n) is 4.29. The summed E-state index contributed by atoms with van der Waals surface area (Å²) in [5.74, 6) is -1.73. The zero-order chi connectivity index (χ0) is 15.4. The zero-order valence-corrected chi connectivity index (χ0v) is 12.7. The molecule has 0 amide bonds. The van der Waals surface area contributed by atoms with E-state index in [0.717, 1.165) is 11.6 Å². The lowest BCUT2D eigenvalue weighted by atomic mass is 10.1. The zero-order valence-electron chi connectivity index (χ0n) is 11.1. The molecule has 3 nitrogen and oxygen atoms in total. The molecule has 2 aromatic rings. The van der Waals surface area contributed by atoms with E-state index >= 15 is 0 Å². The van der Waals surface area contributed by atoms with Crippen LogP contribution in [-0.2, 0) is 11.3 Å². The van der Waals surface area contributed by atoms with Gasteiger partial charge in [-0.1, -0.05) is 12.1 Å². The molecule has 0 saturated carbocycles. The normalized spacial score (nSPS) is 10.3. The minimum Gasteiger partial charge on any atom is -0.465 e. The van der Waals surface area contributed by atoms with Crippen LogP contribution in [0.25, 0.3) is 0 Å². The minimum atomic E-state index is -0.665. The summed E-state index contributed by atoms with van der Waals surface area (Å²) >= 11 is 3.01. The molecule has 0 aliphatic heterocycles. The monoisotopic (exact) mass is 355 g/mol. The van der Waals surface area contributed by atoms with Gasteiger partial charge in [-0.2, -0.15) is 0 Å². The molecular formula is C15H12BrF2NO2.